The summed E-state index contributed by atoms with van der Waals surface area (Å²) in [6, 6.07) is 0. The number of nitrogens with one attached hydrogen (secondary N) is 1. The fourth-order valence-electron chi connectivity index (χ4n) is 2.30. The van der Waals surface area contributed by atoms with Crippen LogP contribution in [0.3, 0.4) is 0 Å². The zero-order valence-electron chi connectivity index (χ0n) is 14.7. The lowest BCUT2D eigenvalue weighted by atomic mass is 9.97. The van der Waals surface area contributed by atoms with Crippen LogP contribution in [0.1, 0.15) is 40.5 Å². The van der Waals surface area contributed by atoms with E-state index in [1.807, 2.05) is 6.92 Å². The Morgan fingerprint density at radius 1 is 1.29 bits per heavy atom. The predicted octanol–water partition coefficient (Wildman–Crippen LogP) is 1.91. The molecule has 0 radical (unpaired) electrons. The minimum Gasteiger partial charge on any atom is -0.468 e. The molecule has 1 unspecified atom stereocenters. The molecule has 0 aromatic rings. The molecule has 0 aliphatic rings. The predicted molar refractivity (Wildman–Crippen MR) is 86.5 cm³/mol. The highest BCUT2D eigenvalue weighted by Gasteiger charge is 2.33. The Morgan fingerprint density at radius 3 is 2.43 bits per heavy atom. The largest absolute Gasteiger partial charge is 0.468 e. The molecule has 5 heteroatoms. The molecule has 0 saturated heterocycles. The number of hydrogen-bond acceptors (Lipinski definition) is 5. The first-order chi connectivity index (χ1) is 9.89. The second-order valence-electron chi connectivity index (χ2n) is 6.19. The highest BCUT2D eigenvalue weighted by atomic mass is 16.5. The van der Waals surface area contributed by atoms with Crippen LogP contribution in [0.2, 0.25) is 0 Å². The summed E-state index contributed by atoms with van der Waals surface area (Å²) in [6.45, 7) is 12.7. The van der Waals surface area contributed by atoms with Crippen LogP contribution in [-0.4, -0.2) is 63.4 Å². The molecule has 0 heterocycles. The molecule has 5 nitrogen and oxygen atoms in total. The number of carbonyl (C=O) groups excluding carboxylic acids is 1. The van der Waals surface area contributed by atoms with E-state index in [-0.39, 0.29) is 5.97 Å². The molecule has 0 saturated carbocycles. The summed E-state index contributed by atoms with van der Waals surface area (Å²) in [6.07, 6.45) is 1.72. The normalized spacial score (nSPS) is 14.5. The van der Waals surface area contributed by atoms with Crippen molar-refractivity contribution in [1.29, 1.82) is 0 Å². The molecule has 0 aliphatic carbocycles. The van der Waals surface area contributed by atoms with Crippen molar-refractivity contribution in [1.82, 2.24) is 10.2 Å². The number of rotatable bonds is 12. The average molecular weight is 302 g/mol. The van der Waals surface area contributed by atoms with Gasteiger partial charge in [-0.05, 0) is 32.2 Å². The molecule has 0 aliphatic heterocycles. The first-order valence-corrected chi connectivity index (χ1v) is 7.94. The molecule has 0 amide bonds. The van der Waals surface area contributed by atoms with Crippen molar-refractivity contribution in [2.45, 2.75) is 46.1 Å². The Kier molecular flexibility index (Phi) is 10.6. The maximum atomic E-state index is 12.1. The summed E-state index contributed by atoms with van der Waals surface area (Å²) in [4.78, 5) is 14.4. The standard InChI is InChI=1S/C16H34N2O3/c1-7-9-17-16(4,15(19)21-6)8-10-18(11-12-20-5)13-14(2)3/h14,17H,7-13H2,1-6H3. The van der Waals surface area contributed by atoms with Crippen molar-refractivity contribution in [2.75, 3.05) is 47.0 Å². The SMILES string of the molecule is CCCNC(C)(CCN(CCOC)CC(C)C)C(=O)OC. The fourth-order valence-corrected chi connectivity index (χ4v) is 2.30. The van der Waals surface area contributed by atoms with Gasteiger partial charge in [-0.1, -0.05) is 20.8 Å². The van der Waals surface area contributed by atoms with Gasteiger partial charge in [-0.3, -0.25) is 4.79 Å². The molecule has 0 bridgehead atoms. The smallest absolute Gasteiger partial charge is 0.325 e. The third-order valence-corrected chi connectivity index (χ3v) is 3.56. The van der Waals surface area contributed by atoms with E-state index >= 15 is 0 Å². The molecule has 21 heavy (non-hydrogen) atoms. The molecule has 0 fully saturated rings. The molecule has 1 N–H and O–H groups in total. The van der Waals surface area contributed by atoms with E-state index in [0.29, 0.717) is 12.5 Å². The van der Waals surface area contributed by atoms with E-state index in [2.05, 4.69) is 31.0 Å². The number of methoxy groups -OCH3 is 2. The summed E-state index contributed by atoms with van der Waals surface area (Å²) in [5, 5.41) is 3.33. The monoisotopic (exact) mass is 302 g/mol. The van der Waals surface area contributed by atoms with Crippen molar-refractivity contribution < 1.29 is 14.3 Å². The van der Waals surface area contributed by atoms with Gasteiger partial charge in [-0.2, -0.15) is 0 Å². The second-order valence-corrected chi connectivity index (χ2v) is 6.19. The van der Waals surface area contributed by atoms with E-state index in [0.717, 1.165) is 39.0 Å². The maximum Gasteiger partial charge on any atom is 0.325 e. The molecule has 0 rings (SSSR count). The van der Waals surface area contributed by atoms with Crippen LogP contribution in [-0.2, 0) is 14.3 Å². The first-order valence-electron chi connectivity index (χ1n) is 7.94. The van der Waals surface area contributed by atoms with Crippen molar-refractivity contribution in [3.05, 3.63) is 0 Å². The van der Waals surface area contributed by atoms with Crippen LogP contribution in [0, 0.1) is 5.92 Å². The molecular weight excluding hydrogens is 268 g/mol. The van der Waals surface area contributed by atoms with Gasteiger partial charge < -0.3 is 19.7 Å². The van der Waals surface area contributed by atoms with Gasteiger partial charge in [0.15, 0.2) is 0 Å². The topological polar surface area (TPSA) is 50.8 Å². The molecule has 0 aromatic carbocycles. The molecule has 1 atom stereocenters. The van der Waals surface area contributed by atoms with Crippen LogP contribution >= 0.6 is 0 Å². The zero-order valence-corrected chi connectivity index (χ0v) is 14.7. The van der Waals surface area contributed by atoms with Crippen LogP contribution in [0.4, 0.5) is 0 Å². The summed E-state index contributed by atoms with van der Waals surface area (Å²) >= 11 is 0. The number of esters is 1. The highest BCUT2D eigenvalue weighted by molar-refractivity contribution is 5.80. The Bertz CT molecular complexity index is 285. The van der Waals surface area contributed by atoms with Gasteiger partial charge in [0.2, 0.25) is 0 Å². The molecule has 126 valence electrons. The van der Waals surface area contributed by atoms with E-state index < -0.39 is 5.54 Å². The van der Waals surface area contributed by atoms with Crippen LogP contribution < -0.4 is 5.32 Å². The van der Waals surface area contributed by atoms with Gasteiger partial charge in [0, 0.05) is 26.7 Å². The summed E-state index contributed by atoms with van der Waals surface area (Å²) < 4.78 is 10.1. The average Bonchev–Trinajstić information content (AvgIpc) is 2.46. The van der Waals surface area contributed by atoms with Gasteiger partial charge in [0.25, 0.3) is 0 Å². The summed E-state index contributed by atoms with van der Waals surface area (Å²) in [5.74, 6) is 0.405. The number of ether oxygens (including phenoxy) is 2. The number of hydrogen-bond donors (Lipinski definition) is 1. The first kappa shape index (κ1) is 20.3. The van der Waals surface area contributed by atoms with Crippen LogP contribution in [0.25, 0.3) is 0 Å². The van der Waals surface area contributed by atoms with Crippen molar-refractivity contribution >= 4 is 5.97 Å². The summed E-state index contributed by atoms with van der Waals surface area (Å²) in [7, 11) is 3.17. The van der Waals surface area contributed by atoms with Crippen LogP contribution in [0.5, 0.6) is 0 Å². The number of nitrogens with zero attached hydrogens (tertiary/aromatic N) is 1. The Balaban J connectivity index is 4.61. The molecular formula is C16H34N2O3. The lowest BCUT2D eigenvalue weighted by molar-refractivity contribution is -0.148. The van der Waals surface area contributed by atoms with Gasteiger partial charge in [-0.25, -0.2) is 0 Å². The second kappa shape index (κ2) is 11.0. The number of carbonyl (C=O) groups is 1. The van der Waals surface area contributed by atoms with Crippen LogP contribution in [0.15, 0.2) is 0 Å². The molecule has 0 aromatic heterocycles. The Morgan fingerprint density at radius 2 is 1.95 bits per heavy atom. The lowest BCUT2D eigenvalue weighted by Crippen LogP contribution is -2.52. The highest BCUT2D eigenvalue weighted by Crippen LogP contribution is 2.14. The van der Waals surface area contributed by atoms with Crippen molar-refractivity contribution in [3.8, 4) is 0 Å². The van der Waals surface area contributed by atoms with Gasteiger partial charge >= 0.3 is 5.97 Å². The third kappa shape index (κ3) is 8.39. The van der Waals surface area contributed by atoms with Gasteiger partial charge in [0.1, 0.15) is 5.54 Å². The molecule has 0 spiro atoms. The Labute approximate surface area is 130 Å². The zero-order chi connectivity index (χ0) is 16.3. The van der Waals surface area contributed by atoms with E-state index in [1.165, 1.54) is 7.11 Å². The van der Waals surface area contributed by atoms with Gasteiger partial charge in [0.05, 0.1) is 13.7 Å². The summed E-state index contributed by atoms with van der Waals surface area (Å²) in [5.41, 5.74) is -0.618. The lowest BCUT2D eigenvalue weighted by Gasteiger charge is -2.32. The maximum absolute atomic E-state index is 12.1. The minimum atomic E-state index is -0.618. The van der Waals surface area contributed by atoms with E-state index in [1.54, 1.807) is 7.11 Å². The third-order valence-electron chi connectivity index (χ3n) is 3.56. The quantitative estimate of drug-likeness (QED) is 0.558. The minimum absolute atomic E-state index is 0.188. The Hall–Kier alpha value is -0.650. The van der Waals surface area contributed by atoms with Gasteiger partial charge in [-0.15, -0.1) is 0 Å². The fraction of sp³-hybridized carbons (Fsp3) is 0.938. The van der Waals surface area contributed by atoms with Crippen molar-refractivity contribution in [3.63, 3.8) is 0 Å². The van der Waals surface area contributed by atoms with E-state index in [9.17, 15) is 4.79 Å². The van der Waals surface area contributed by atoms with E-state index in [4.69, 9.17) is 9.47 Å². The van der Waals surface area contributed by atoms with Crippen molar-refractivity contribution in [2.24, 2.45) is 5.92 Å².